The van der Waals surface area contributed by atoms with E-state index >= 15 is 4.39 Å². The minimum Gasteiger partial charge on any atom is -0.497 e. The van der Waals surface area contributed by atoms with Crippen LogP contribution < -0.4 is 19.6 Å². The molecule has 43 heavy (non-hydrogen) atoms. The van der Waals surface area contributed by atoms with Crippen LogP contribution in [0.3, 0.4) is 0 Å². The standard InChI is InChI=1S/C32H45FNO8P/c1-11-17-32(30(3,4)5,31(6,7)8)42-43(36,37)41-20-34-19-23(22-14-13-21(38-9)18-26(22)39-10)29(35)27-24(33)15-16-25(28(27)34)40-12-2/h13-16,18-19H,11-12,17,20H2,1-10H3,(H,36,37). The van der Waals surface area contributed by atoms with Gasteiger partial charge in [-0.3, -0.25) is 13.8 Å². The van der Waals surface area contributed by atoms with Gasteiger partial charge < -0.3 is 23.7 Å². The van der Waals surface area contributed by atoms with Gasteiger partial charge in [0.15, 0.2) is 5.43 Å². The molecule has 0 aliphatic rings. The Hall–Kier alpha value is -2.91. The molecule has 3 aromatic rings. The van der Waals surface area contributed by atoms with Crippen LogP contribution >= 0.6 is 7.82 Å². The average molecular weight is 622 g/mol. The Bertz CT molecular complexity index is 1540. The predicted molar refractivity (Wildman–Crippen MR) is 166 cm³/mol. The van der Waals surface area contributed by atoms with E-state index in [4.69, 9.17) is 23.3 Å². The van der Waals surface area contributed by atoms with Crippen molar-refractivity contribution in [2.75, 3.05) is 20.8 Å². The number of phosphoric ester groups is 1. The molecule has 0 aliphatic heterocycles. The topological polar surface area (TPSA) is 105 Å². The van der Waals surface area contributed by atoms with Crippen molar-refractivity contribution in [3.05, 3.63) is 52.6 Å². The average Bonchev–Trinajstić information content (AvgIpc) is 2.92. The molecule has 0 amide bonds. The van der Waals surface area contributed by atoms with Crippen molar-refractivity contribution < 1.29 is 37.1 Å². The van der Waals surface area contributed by atoms with Gasteiger partial charge in [0.05, 0.1) is 37.3 Å². The Labute approximate surface area is 253 Å². The zero-order valence-corrected chi connectivity index (χ0v) is 27.8. The molecular weight excluding hydrogens is 576 g/mol. The molecule has 1 atom stereocenters. The molecule has 238 valence electrons. The SMILES string of the molecule is CCCC(OP(=O)(O)OCn1cc(-c2ccc(OC)cc2OC)c(=O)c2c(F)ccc(OCC)c21)(C(C)(C)C)C(C)(C)C. The number of hydrogen-bond acceptors (Lipinski definition) is 7. The maximum Gasteiger partial charge on any atom is 0.474 e. The number of pyridine rings is 1. The molecular formula is C32H45FNO8P. The highest BCUT2D eigenvalue weighted by atomic mass is 31.2. The smallest absolute Gasteiger partial charge is 0.474 e. The van der Waals surface area contributed by atoms with E-state index in [1.54, 1.807) is 25.1 Å². The summed E-state index contributed by atoms with van der Waals surface area (Å²) in [6, 6.07) is 7.44. The molecule has 0 aliphatic carbocycles. The number of nitrogens with zero attached hydrogens (tertiary/aromatic N) is 1. The van der Waals surface area contributed by atoms with Gasteiger partial charge in [0.25, 0.3) is 0 Å². The van der Waals surface area contributed by atoms with Crippen LogP contribution in [0.5, 0.6) is 17.2 Å². The molecule has 0 fully saturated rings. The summed E-state index contributed by atoms with van der Waals surface area (Å²) in [7, 11) is -1.77. The van der Waals surface area contributed by atoms with Gasteiger partial charge in [0.1, 0.15) is 29.8 Å². The molecule has 0 bridgehead atoms. The van der Waals surface area contributed by atoms with Crippen molar-refractivity contribution >= 4 is 18.7 Å². The number of halogens is 1. The number of rotatable bonds is 12. The highest BCUT2D eigenvalue weighted by Gasteiger charge is 2.55. The summed E-state index contributed by atoms with van der Waals surface area (Å²) in [5.41, 5.74) is -2.17. The Morgan fingerprint density at radius 2 is 1.58 bits per heavy atom. The third-order valence-electron chi connectivity index (χ3n) is 7.79. The van der Waals surface area contributed by atoms with Crippen LogP contribution in [0.2, 0.25) is 0 Å². The third-order valence-corrected chi connectivity index (χ3v) is 8.77. The Morgan fingerprint density at radius 1 is 0.930 bits per heavy atom. The molecule has 0 saturated carbocycles. The second-order valence-corrected chi connectivity index (χ2v) is 13.9. The number of benzene rings is 2. The van der Waals surface area contributed by atoms with Gasteiger partial charge in [-0.05, 0) is 48.4 Å². The Morgan fingerprint density at radius 3 is 2.12 bits per heavy atom. The number of phosphoric acid groups is 1. The van der Waals surface area contributed by atoms with E-state index in [9.17, 15) is 14.3 Å². The Balaban J connectivity index is 2.23. The van der Waals surface area contributed by atoms with Crippen molar-refractivity contribution in [3.63, 3.8) is 0 Å². The number of methoxy groups -OCH3 is 2. The summed E-state index contributed by atoms with van der Waals surface area (Å²) in [4.78, 5) is 24.9. The fourth-order valence-corrected chi connectivity index (χ4v) is 7.31. The second kappa shape index (κ2) is 13.0. The van der Waals surface area contributed by atoms with E-state index in [2.05, 4.69) is 0 Å². The fraction of sp³-hybridized carbons (Fsp3) is 0.531. The molecule has 0 radical (unpaired) electrons. The van der Waals surface area contributed by atoms with Gasteiger partial charge >= 0.3 is 7.82 Å². The van der Waals surface area contributed by atoms with Crippen LogP contribution in [0.25, 0.3) is 22.0 Å². The molecule has 0 saturated heterocycles. The molecule has 1 N–H and O–H groups in total. The Kier molecular flexibility index (Phi) is 10.4. The van der Waals surface area contributed by atoms with Crippen LogP contribution in [0.15, 0.2) is 41.3 Å². The lowest BCUT2D eigenvalue weighted by atomic mass is 9.61. The van der Waals surface area contributed by atoms with Crippen molar-refractivity contribution in [2.24, 2.45) is 10.8 Å². The van der Waals surface area contributed by atoms with Crippen LogP contribution in [0, 0.1) is 16.6 Å². The largest absolute Gasteiger partial charge is 0.497 e. The van der Waals surface area contributed by atoms with E-state index in [1.165, 1.54) is 31.0 Å². The molecule has 9 nitrogen and oxygen atoms in total. The summed E-state index contributed by atoms with van der Waals surface area (Å²) in [6.45, 7) is 15.2. The van der Waals surface area contributed by atoms with Gasteiger partial charge in [-0.15, -0.1) is 0 Å². The third kappa shape index (κ3) is 6.93. The molecule has 0 spiro atoms. The van der Waals surface area contributed by atoms with Crippen LogP contribution in [0.1, 0.15) is 68.2 Å². The van der Waals surface area contributed by atoms with Crippen LogP contribution in [-0.2, 0) is 20.3 Å². The van der Waals surface area contributed by atoms with Crippen LogP contribution in [-0.4, -0.2) is 35.9 Å². The maximum absolute atomic E-state index is 15.4. The van der Waals surface area contributed by atoms with Gasteiger partial charge in [-0.2, -0.15) is 0 Å². The summed E-state index contributed by atoms with van der Waals surface area (Å²) in [5.74, 6) is 0.255. The summed E-state index contributed by atoms with van der Waals surface area (Å²) >= 11 is 0. The highest BCUT2D eigenvalue weighted by Crippen LogP contribution is 2.59. The number of fused-ring (bicyclic) bond motifs is 1. The van der Waals surface area contributed by atoms with E-state index in [0.717, 1.165) is 6.07 Å². The highest BCUT2D eigenvalue weighted by molar-refractivity contribution is 7.47. The number of ether oxygens (including phenoxy) is 3. The normalized spacial score (nSPS) is 14.0. The molecule has 3 rings (SSSR count). The molecule has 1 heterocycles. The zero-order valence-electron chi connectivity index (χ0n) is 26.9. The van der Waals surface area contributed by atoms with Crippen molar-refractivity contribution in [1.82, 2.24) is 4.57 Å². The van der Waals surface area contributed by atoms with Crippen LogP contribution in [0.4, 0.5) is 4.39 Å². The lowest BCUT2D eigenvalue weighted by Crippen LogP contribution is -2.54. The van der Waals surface area contributed by atoms with Crippen molar-refractivity contribution in [1.29, 1.82) is 0 Å². The maximum atomic E-state index is 15.4. The monoisotopic (exact) mass is 621 g/mol. The first-order valence-corrected chi connectivity index (χ1v) is 15.8. The number of aromatic nitrogens is 1. The van der Waals surface area contributed by atoms with E-state index in [1.807, 2.05) is 48.5 Å². The predicted octanol–water partition coefficient (Wildman–Crippen LogP) is 7.95. The quantitative estimate of drug-likeness (QED) is 0.203. The van der Waals surface area contributed by atoms with E-state index < -0.39 is 42.2 Å². The van der Waals surface area contributed by atoms with Crippen molar-refractivity contribution in [2.45, 2.75) is 80.6 Å². The minimum atomic E-state index is -4.72. The van der Waals surface area contributed by atoms with E-state index in [0.29, 0.717) is 29.9 Å². The summed E-state index contributed by atoms with van der Waals surface area (Å²) < 4.78 is 58.7. The molecule has 1 unspecified atom stereocenters. The summed E-state index contributed by atoms with van der Waals surface area (Å²) in [5, 5.41) is -0.261. The molecule has 2 aromatic carbocycles. The fourth-order valence-electron chi connectivity index (χ4n) is 5.95. The molecule has 11 heteroatoms. The van der Waals surface area contributed by atoms with Crippen molar-refractivity contribution in [3.8, 4) is 28.4 Å². The second-order valence-electron chi connectivity index (χ2n) is 12.5. The number of hydrogen-bond donors (Lipinski definition) is 1. The van der Waals surface area contributed by atoms with E-state index in [-0.39, 0.29) is 28.8 Å². The molecule has 1 aromatic heterocycles. The first-order valence-electron chi connectivity index (χ1n) is 14.4. The van der Waals surface area contributed by atoms with Gasteiger partial charge in [-0.25, -0.2) is 8.96 Å². The van der Waals surface area contributed by atoms with Gasteiger partial charge in [0.2, 0.25) is 0 Å². The minimum absolute atomic E-state index is 0.0783. The van der Waals surface area contributed by atoms with Gasteiger partial charge in [-0.1, -0.05) is 54.9 Å². The zero-order chi connectivity index (χ0) is 32.4. The lowest BCUT2D eigenvalue weighted by Gasteiger charge is -2.53. The van der Waals surface area contributed by atoms with Gasteiger partial charge in [0, 0.05) is 23.4 Å². The first-order chi connectivity index (χ1) is 20.0. The lowest BCUT2D eigenvalue weighted by molar-refractivity contribution is -0.137. The summed E-state index contributed by atoms with van der Waals surface area (Å²) in [6.07, 6.45) is 2.66. The first kappa shape index (κ1) is 34.6.